The predicted octanol–water partition coefficient (Wildman–Crippen LogP) is 1.70. The number of para-hydroxylation sites is 1. The average molecular weight is 268 g/mol. The summed E-state index contributed by atoms with van der Waals surface area (Å²) in [6, 6.07) is 4.86. The second-order valence-corrected chi connectivity index (χ2v) is 5.09. The number of nitro benzene ring substituents is 1. The summed E-state index contributed by atoms with van der Waals surface area (Å²) >= 11 is 0. The maximum Gasteiger partial charge on any atom is 0.316 e. The fraction of sp³-hybridized carbons (Fsp3) is 0.500. The first-order chi connectivity index (χ1) is 8.91. The molecule has 0 bridgehead atoms. The number of nitrogens with one attached hydrogen (secondary N) is 2. The van der Waals surface area contributed by atoms with E-state index in [1.54, 1.807) is 18.2 Å². The molecule has 0 saturated carbocycles. The first-order valence-electron chi connectivity index (χ1n) is 6.00. The van der Waals surface area contributed by atoms with E-state index < -0.39 is 4.92 Å². The number of benzene rings is 1. The summed E-state index contributed by atoms with van der Waals surface area (Å²) in [5, 5.41) is 23.1. The Kier molecular flexibility index (Phi) is 5.08. The number of nitrogens with zero attached hydrogens (tertiary/aromatic N) is 1. The predicted molar refractivity (Wildman–Crippen MR) is 74.9 cm³/mol. The zero-order chi connectivity index (χ0) is 14.5. The van der Waals surface area contributed by atoms with E-state index in [0.717, 1.165) is 0 Å². The van der Waals surface area contributed by atoms with Crippen molar-refractivity contribution in [1.82, 2.24) is 0 Å². The van der Waals surface area contributed by atoms with Crippen LogP contribution in [0.4, 0.5) is 17.1 Å². The maximum atomic E-state index is 11.1. The zero-order valence-corrected chi connectivity index (χ0v) is 11.1. The lowest BCUT2D eigenvalue weighted by atomic mass is 9.89. The van der Waals surface area contributed by atoms with Crippen molar-refractivity contribution in [3.8, 4) is 0 Å². The molecule has 1 aromatic carbocycles. The highest BCUT2D eigenvalue weighted by Gasteiger charge is 2.22. The number of aliphatic hydroxyl groups excluding tert-OH is 1. The van der Waals surface area contributed by atoms with Gasteiger partial charge in [0.25, 0.3) is 0 Å². The Bertz CT molecular complexity index is 449. The normalized spacial score (nSPS) is 11.2. The van der Waals surface area contributed by atoms with Crippen molar-refractivity contribution in [2.24, 2.45) is 11.3 Å². The lowest BCUT2D eigenvalue weighted by molar-refractivity contribution is -0.383. The van der Waals surface area contributed by atoms with Gasteiger partial charge in [-0.3, -0.25) is 16.0 Å². The highest BCUT2D eigenvalue weighted by atomic mass is 16.6. The molecule has 0 fully saturated rings. The lowest BCUT2D eigenvalue weighted by Gasteiger charge is -2.24. The van der Waals surface area contributed by atoms with Gasteiger partial charge in [0.2, 0.25) is 0 Å². The minimum absolute atomic E-state index is 0.0789. The molecular formula is C12H20N4O3. The van der Waals surface area contributed by atoms with Crippen LogP contribution < -0.4 is 16.6 Å². The molecular weight excluding hydrogens is 248 g/mol. The van der Waals surface area contributed by atoms with Gasteiger partial charge in [0.1, 0.15) is 11.4 Å². The van der Waals surface area contributed by atoms with Gasteiger partial charge in [-0.05, 0) is 24.0 Å². The molecule has 7 nitrogen and oxygen atoms in total. The van der Waals surface area contributed by atoms with Crippen molar-refractivity contribution in [3.63, 3.8) is 0 Å². The minimum atomic E-state index is -0.476. The van der Waals surface area contributed by atoms with E-state index in [9.17, 15) is 10.1 Å². The number of nitrogen functional groups attached to an aromatic ring is 1. The van der Waals surface area contributed by atoms with Gasteiger partial charge >= 0.3 is 5.69 Å². The number of aliphatic hydroxyl groups is 1. The Balaban J connectivity index is 2.92. The molecule has 0 atom stereocenters. The van der Waals surface area contributed by atoms with Crippen LogP contribution in [0.25, 0.3) is 0 Å². The monoisotopic (exact) mass is 268 g/mol. The van der Waals surface area contributed by atoms with Crippen molar-refractivity contribution in [2.45, 2.75) is 20.3 Å². The number of rotatable bonds is 7. The van der Waals surface area contributed by atoms with E-state index >= 15 is 0 Å². The summed E-state index contributed by atoms with van der Waals surface area (Å²) in [4.78, 5) is 10.6. The van der Waals surface area contributed by atoms with Crippen LogP contribution >= 0.6 is 0 Å². The van der Waals surface area contributed by atoms with Crippen LogP contribution in [-0.4, -0.2) is 23.2 Å². The van der Waals surface area contributed by atoms with Gasteiger partial charge in [-0.2, -0.15) is 0 Å². The van der Waals surface area contributed by atoms with E-state index in [1.165, 1.54) is 0 Å². The Morgan fingerprint density at radius 2 is 2.05 bits per heavy atom. The number of hydrogen-bond acceptors (Lipinski definition) is 6. The molecule has 0 unspecified atom stereocenters. The van der Waals surface area contributed by atoms with Gasteiger partial charge in [-0.25, -0.2) is 0 Å². The summed E-state index contributed by atoms with van der Waals surface area (Å²) in [5.74, 6) is 5.27. The SMILES string of the molecule is CC(C)(CCO)CNc1cccc(NN)c1[N+](=O)[O-]. The van der Waals surface area contributed by atoms with Crippen molar-refractivity contribution >= 4 is 17.1 Å². The fourth-order valence-corrected chi connectivity index (χ4v) is 1.72. The van der Waals surface area contributed by atoms with E-state index in [0.29, 0.717) is 18.7 Å². The summed E-state index contributed by atoms with van der Waals surface area (Å²) in [6.45, 7) is 4.56. The van der Waals surface area contributed by atoms with Gasteiger partial charge < -0.3 is 15.8 Å². The van der Waals surface area contributed by atoms with Crippen molar-refractivity contribution in [3.05, 3.63) is 28.3 Å². The number of nitrogens with two attached hydrogens (primary N) is 1. The molecule has 5 N–H and O–H groups in total. The molecule has 1 aromatic rings. The summed E-state index contributed by atoms with van der Waals surface area (Å²) < 4.78 is 0. The molecule has 0 aliphatic rings. The summed E-state index contributed by atoms with van der Waals surface area (Å²) in [7, 11) is 0. The topological polar surface area (TPSA) is 113 Å². The van der Waals surface area contributed by atoms with Gasteiger partial charge in [0.05, 0.1) is 4.92 Å². The zero-order valence-electron chi connectivity index (χ0n) is 11.1. The van der Waals surface area contributed by atoms with Crippen molar-refractivity contribution in [2.75, 3.05) is 23.9 Å². The maximum absolute atomic E-state index is 11.1. The molecule has 0 amide bonds. The molecule has 0 aliphatic carbocycles. The van der Waals surface area contributed by atoms with E-state index in [2.05, 4.69) is 10.7 Å². The standard InChI is InChI=1S/C12H20N4O3/c1-12(2,6-7-17)8-14-9-4-3-5-10(15-13)11(9)16(18)19/h3-5,14-15,17H,6-8,13H2,1-2H3. The lowest BCUT2D eigenvalue weighted by Crippen LogP contribution is -2.24. The third kappa shape index (κ3) is 4.08. The summed E-state index contributed by atoms with van der Waals surface area (Å²) in [5.41, 5.74) is 2.75. The van der Waals surface area contributed by atoms with Crippen LogP contribution in [0.5, 0.6) is 0 Å². The van der Waals surface area contributed by atoms with Crippen LogP contribution in [0.1, 0.15) is 20.3 Å². The van der Waals surface area contributed by atoms with Crippen LogP contribution in [-0.2, 0) is 0 Å². The molecule has 0 heterocycles. The first kappa shape index (κ1) is 15.2. The molecule has 0 aromatic heterocycles. The second kappa shape index (κ2) is 6.35. The Labute approximate surface area is 111 Å². The Hall–Kier alpha value is -1.86. The average Bonchev–Trinajstić information content (AvgIpc) is 2.35. The third-order valence-electron chi connectivity index (χ3n) is 2.92. The molecule has 0 saturated heterocycles. The molecule has 0 spiro atoms. The second-order valence-electron chi connectivity index (χ2n) is 5.09. The van der Waals surface area contributed by atoms with E-state index in [-0.39, 0.29) is 23.4 Å². The molecule has 19 heavy (non-hydrogen) atoms. The van der Waals surface area contributed by atoms with E-state index in [4.69, 9.17) is 10.9 Å². The molecule has 0 radical (unpaired) electrons. The molecule has 0 aliphatic heterocycles. The minimum Gasteiger partial charge on any atom is -0.396 e. The quantitative estimate of drug-likeness (QED) is 0.340. The highest BCUT2D eigenvalue weighted by Crippen LogP contribution is 2.33. The highest BCUT2D eigenvalue weighted by molar-refractivity contribution is 5.75. The van der Waals surface area contributed by atoms with Crippen LogP contribution in [0.15, 0.2) is 18.2 Å². The van der Waals surface area contributed by atoms with Gasteiger partial charge in [-0.15, -0.1) is 0 Å². The third-order valence-corrected chi connectivity index (χ3v) is 2.92. The number of nitro groups is 1. The van der Waals surface area contributed by atoms with E-state index in [1.807, 2.05) is 13.8 Å². The van der Waals surface area contributed by atoms with Gasteiger partial charge in [0.15, 0.2) is 0 Å². The largest absolute Gasteiger partial charge is 0.396 e. The van der Waals surface area contributed by atoms with Gasteiger partial charge in [0, 0.05) is 13.2 Å². The molecule has 1 rings (SSSR count). The Morgan fingerprint density at radius 1 is 1.42 bits per heavy atom. The number of anilines is 2. The summed E-state index contributed by atoms with van der Waals surface area (Å²) in [6.07, 6.45) is 0.614. The fourth-order valence-electron chi connectivity index (χ4n) is 1.72. The first-order valence-corrected chi connectivity index (χ1v) is 6.00. The molecule has 106 valence electrons. The van der Waals surface area contributed by atoms with Crippen molar-refractivity contribution in [1.29, 1.82) is 0 Å². The molecule has 7 heteroatoms. The number of hydrogen-bond donors (Lipinski definition) is 4. The Morgan fingerprint density at radius 3 is 2.58 bits per heavy atom. The van der Waals surface area contributed by atoms with Crippen LogP contribution in [0.3, 0.4) is 0 Å². The van der Waals surface area contributed by atoms with Crippen molar-refractivity contribution < 1.29 is 10.0 Å². The van der Waals surface area contributed by atoms with Crippen LogP contribution in [0.2, 0.25) is 0 Å². The van der Waals surface area contributed by atoms with Gasteiger partial charge in [-0.1, -0.05) is 19.9 Å². The smallest absolute Gasteiger partial charge is 0.316 e. The van der Waals surface area contributed by atoms with Crippen LogP contribution in [0, 0.1) is 15.5 Å². The number of hydrazine groups is 1.